The van der Waals surface area contributed by atoms with E-state index >= 15 is 0 Å². The van der Waals surface area contributed by atoms with Crippen LogP contribution in [0.4, 0.5) is 0 Å². The van der Waals surface area contributed by atoms with Crippen LogP contribution in [0.2, 0.25) is 0 Å². The van der Waals surface area contributed by atoms with Crippen molar-refractivity contribution >= 4 is 17.8 Å². The van der Waals surface area contributed by atoms with Gasteiger partial charge in [-0.25, -0.2) is 0 Å². The number of ether oxygens (including phenoxy) is 1. The Kier molecular flexibility index (Phi) is 9.13. The van der Waals surface area contributed by atoms with Gasteiger partial charge in [-0.3, -0.25) is 14.4 Å². The summed E-state index contributed by atoms with van der Waals surface area (Å²) in [6.45, 7) is 0.747. The summed E-state index contributed by atoms with van der Waals surface area (Å²) in [6.07, 6.45) is 11.4. The molecule has 0 saturated heterocycles. The molecule has 1 aliphatic heterocycles. The molecule has 3 rings (SSSR count). The molecule has 0 spiro atoms. The van der Waals surface area contributed by atoms with E-state index in [4.69, 9.17) is 4.74 Å². The molecule has 2 N–H and O–H groups in total. The average Bonchev–Trinajstić information content (AvgIpc) is 2.79. The summed E-state index contributed by atoms with van der Waals surface area (Å²) in [4.78, 5) is 37.5. The zero-order valence-corrected chi connectivity index (χ0v) is 18.2. The Balaban J connectivity index is 1.59. The standard InChI is InChI=1S/C25H34N2O4/c28-23-15-9-3-8-14-21(16-24(29)26-17-19-10-4-1-5-11-19)25(30)31-18-22(27-23)20-12-6-2-7-13-20/h2-3,6-8,12-13,19,21-22H,1,4-5,9-11,14-18H2,(H,26,29)(H,27,28)/b8-3+/t21-,22-/m0/s1. The molecule has 1 saturated carbocycles. The number of carbonyl (C=O) groups excluding carboxylic acids is 3. The fourth-order valence-electron chi connectivity index (χ4n) is 4.26. The van der Waals surface area contributed by atoms with Gasteiger partial charge in [0, 0.05) is 19.4 Å². The Bertz CT molecular complexity index is 756. The fourth-order valence-corrected chi connectivity index (χ4v) is 4.26. The molecule has 1 heterocycles. The quantitative estimate of drug-likeness (QED) is 0.554. The van der Waals surface area contributed by atoms with Crippen LogP contribution in [0.5, 0.6) is 0 Å². The molecular weight excluding hydrogens is 392 g/mol. The highest BCUT2D eigenvalue weighted by atomic mass is 16.5. The molecule has 1 aromatic rings. The van der Waals surface area contributed by atoms with Crippen LogP contribution in [-0.4, -0.2) is 30.9 Å². The third kappa shape index (κ3) is 7.85. The Morgan fingerprint density at radius 1 is 1.06 bits per heavy atom. The van der Waals surface area contributed by atoms with E-state index in [1.54, 1.807) is 0 Å². The predicted octanol–water partition coefficient (Wildman–Crippen LogP) is 3.83. The topological polar surface area (TPSA) is 84.5 Å². The van der Waals surface area contributed by atoms with Crippen molar-refractivity contribution in [3.63, 3.8) is 0 Å². The first-order valence-electron chi connectivity index (χ1n) is 11.5. The van der Waals surface area contributed by atoms with Gasteiger partial charge in [0.05, 0.1) is 12.0 Å². The zero-order chi connectivity index (χ0) is 21.9. The van der Waals surface area contributed by atoms with Gasteiger partial charge < -0.3 is 15.4 Å². The molecule has 0 bridgehead atoms. The number of amides is 2. The van der Waals surface area contributed by atoms with Crippen molar-refractivity contribution in [2.24, 2.45) is 11.8 Å². The van der Waals surface area contributed by atoms with E-state index in [-0.39, 0.29) is 24.8 Å². The van der Waals surface area contributed by atoms with Gasteiger partial charge in [0.25, 0.3) is 0 Å². The fraction of sp³-hybridized carbons (Fsp3) is 0.560. The second kappa shape index (κ2) is 12.3. The number of hydrogen-bond acceptors (Lipinski definition) is 4. The maximum atomic E-state index is 12.8. The number of allylic oxidation sites excluding steroid dienone is 2. The van der Waals surface area contributed by atoms with E-state index in [0.717, 1.165) is 5.56 Å². The first kappa shape index (κ1) is 23.0. The summed E-state index contributed by atoms with van der Waals surface area (Å²) in [5, 5.41) is 5.97. The number of cyclic esters (lactones) is 1. The summed E-state index contributed by atoms with van der Waals surface area (Å²) in [5.41, 5.74) is 0.887. The van der Waals surface area contributed by atoms with E-state index in [2.05, 4.69) is 10.6 Å². The minimum absolute atomic E-state index is 0.0541. The Morgan fingerprint density at radius 2 is 1.84 bits per heavy atom. The molecule has 168 valence electrons. The highest BCUT2D eigenvalue weighted by Gasteiger charge is 2.25. The number of esters is 1. The Labute approximate surface area is 184 Å². The first-order valence-corrected chi connectivity index (χ1v) is 11.5. The maximum Gasteiger partial charge on any atom is 0.309 e. The summed E-state index contributed by atoms with van der Waals surface area (Å²) < 4.78 is 5.57. The van der Waals surface area contributed by atoms with Crippen LogP contribution in [0.15, 0.2) is 42.5 Å². The molecule has 6 heteroatoms. The number of carbonyl (C=O) groups is 3. The van der Waals surface area contributed by atoms with Crippen molar-refractivity contribution < 1.29 is 19.1 Å². The molecule has 0 aromatic heterocycles. The van der Waals surface area contributed by atoms with Crippen LogP contribution in [-0.2, 0) is 19.1 Å². The lowest BCUT2D eigenvalue weighted by Gasteiger charge is -2.23. The zero-order valence-electron chi connectivity index (χ0n) is 18.2. The van der Waals surface area contributed by atoms with E-state index in [1.165, 1.54) is 32.1 Å². The van der Waals surface area contributed by atoms with E-state index < -0.39 is 17.9 Å². The van der Waals surface area contributed by atoms with Crippen LogP contribution < -0.4 is 10.6 Å². The highest BCUT2D eigenvalue weighted by Crippen LogP contribution is 2.23. The van der Waals surface area contributed by atoms with E-state index in [0.29, 0.717) is 31.7 Å². The van der Waals surface area contributed by atoms with Crippen molar-refractivity contribution in [1.29, 1.82) is 0 Å². The van der Waals surface area contributed by atoms with Gasteiger partial charge in [-0.1, -0.05) is 61.7 Å². The molecule has 2 amide bonds. The van der Waals surface area contributed by atoms with Crippen LogP contribution in [0, 0.1) is 11.8 Å². The number of nitrogens with one attached hydrogen (secondary N) is 2. The van der Waals surface area contributed by atoms with Crippen molar-refractivity contribution in [1.82, 2.24) is 10.6 Å². The normalized spacial score (nSPS) is 24.8. The number of rotatable bonds is 5. The lowest BCUT2D eigenvalue weighted by atomic mass is 9.89. The summed E-state index contributed by atoms with van der Waals surface area (Å²) in [6, 6.07) is 9.09. The second-order valence-corrected chi connectivity index (χ2v) is 8.62. The van der Waals surface area contributed by atoms with Crippen molar-refractivity contribution in [2.75, 3.05) is 13.2 Å². The maximum absolute atomic E-state index is 12.8. The average molecular weight is 427 g/mol. The molecule has 0 unspecified atom stereocenters. The third-order valence-corrected chi connectivity index (χ3v) is 6.13. The van der Waals surface area contributed by atoms with Crippen molar-refractivity contribution in [3.8, 4) is 0 Å². The summed E-state index contributed by atoms with van der Waals surface area (Å²) in [7, 11) is 0. The Morgan fingerprint density at radius 3 is 2.61 bits per heavy atom. The van der Waals surface area contributed by atoms with Crippen LogP contribution in [0.1, 0.15) is 69.4 Å². The SMILES string of the molecule is O=C(C[C@@H]1C/C=C/CCC(=O)N[C@H](c2ccccc2)COC1=O)NCC1CCCCC1. The minimum Gasteiger partial charge on any atom is -0.463 e. The van der Waals surface area contributed by atoms with Gasteiger partial charge in [-0.2, -0.15) is 0 Å². The number of benzene rings is 1. The van der Waals surface area contributed by atoms with Crippen LogP contribution in [0.3, 0.4) is 0 Å². The van der Waals surface area contributed by atoms with Gasteiger partial charge in [0.15, 0.2) is 0 Å². The smallest absolute Gasteiger partial charge is 0.309 e. The first-order chi connectivity index (χ1) is 15.1. The largest absolute Gasteiger partial charge is 0.463 e. The van der Waals surface area contributed by atoms with E-state index in [9.17, 15) is 14.4 Å². The molecule has 0 radical (unpaired) electrons. The number of hydrogen-bond donors (Lipinski definition) is 2. The van der Waals surface area contributed by atoms with Gasteiger partial charge in [0.1, 0.15) is 6.61 Å². The lowest BCUT2D eigenvalue weighted by Crippen LogP contribution is -2.35. The minimum atomic E-state index is -0.519. The molecule has 31 heavy (non-hydrogen) atoms. The molecular formula is C25H34N2O4. The van der Waals surface area contributed by atoms with Crippen LogP contribution in [0.25, 0.3) is 0 Å². The van der Waals surface area contributed by atoms with Gasteiger partial charge in [-0.05, 0) is 37.2 Å². The highest BCUT2D eigenvalue weighted by molar-refractivity contribution is 5.83. The third-order valence-electron chi connectivity index (χ3n) is 6.13. The summed E-state index contributed by atoms with van der Waals surface area (Å²) in [5.74, 6) is -0.534. The van der Waals surface area contributed by atoms with Crippen molar-refractivity contribution in [3.05, 3.63) is 48.0 Å². The summed E-state index contributed by atoms with van der Waals surface area (Å²) >= 11 is 0. The van der Waals surface area contributed by atoms with E-state index in [1.807, 2.05) is 42.5 Å². The van der Waals surface area contributed by atoms with Crippen LogP contribution >= 0.6 is 0 Å². The Hall–Kier alpha value is -2.63. The van der Waals surface area contributed by atoms with Gasteiger partial charge in [0.2, 0.25) is 11.8 Å². The monoisotopic (exact) mass is 426 g/mol. The molecule has 6 nitrogen and oxygen atoms in total. The predicted molar refractivity (Wildman–Crippen MR) is 119 cm³/mol. The molecule has 1 fully saturated rings. The second-order valence-electron chi connectivity index (χ2n) is 8.62. The molecule has 1 aromatic carbocycles. The molecule has 2 aliphatic rings. The van der Waals surface area contributed by atoms with Gasteiger partial charge >= 0.3 is 5.97 Å². The molecule has 1 aliphatic carbocycles. The lowest BCUT2D eigenvalue weighted by molar-refractivity contribution is -0.151. The van der Waals surface area contributed by atoms with Gasteiger partial charge in [-0.15, -0.1) is 0 Å². The van der Waals surface area contributed by atoms with Crippen molar-refractivity contribution in [2.45, 2.75) is 63.8 Å². The molecule has 2 atom stereocenters.